The lowest BCUT2D eigenvalue weighted by Gasteiger charge is -2.18. The number of ether oxygens (including phenoxy) is 2. The molecule has 0 radical (unpaired) electrons. The number of hydrogen-bond donors (Lipinski definition) is 3. The predicted molar refractivity (Wildman–Crippen MR) is 124 cm³/mol. The number of rotatable bonds is 10. The van der Waals surface area contributed by atoms with Crippen LogP contribution >= 0.6 is 0 Å². The van der Waals surface area contributed by atoms with Crippen molar-refractivity contribution in [2.45, 2.75) is 30.6 Å². The lowest BCUT2D eigenvalue weighted by molar-refractivity contribution is -0.116. The van der Waals surface area contributed by atoms with Crippen LogP contribution in [0.15, 0.2) is 59.6 Å². The molecule has 0 spiro atoms. The first kappa shape index (κ1) is 22.8. The number of anilines is 1. The summed E-state index contributed by atoms with van der Waals surface area (Å²) in [4.78, 5) is 12.4. The van der Waals surface area contributed by atoms with Crippen LogP contribution in [0.5, 0.6) is 11.5 Å². The molecular weight excluding hydrogens is 444 g/mol. The third-order valence-electron chi connectivity index (χ3n) is 5.15. The van der Waals surface area contributed by atoms with Crippen LogP contribution in [0, 0.1) is 0 Å². The molecule has 4 rings (SSSR count). The van der Waals surface area contributed by atoms with Gasteiger partial charge in [-0.25, -0.2) is 13.1 Å². The Labute approximate surface area is 192 Å². The predicted octanol–water partition coefficient (Wildman–Crippen LogP) is 3.33. The zero-order valence-electron chi connectivity index (χ0n) is 18.0. The van der Waals surface area contributed by atoms with Gasteiger partial charge in [0.25, 0.3) is 0 Å². The summed E-state index contributed by atoms with van der Waals surface area (Å²) in [6, 6.07) is 14.0. The van der Waals surface area contributed by atoms with E-state index in [0.29, 0.717) is 50.5 Å². The van der Waals surface area contributed by atoms with Gasteiger partial charge in [0.15, 0.2) is 11.5 Å². The van der Waals surface area contributed by atoms with Crippen LogP contribution in [0.25, 0.3) is 11.3 Å². The van der Waals surface area contributed by atoms with Gasteiger partial charge in [0.05, 0.1) is 10.6 Å². The summed E-state index contributed by atoms with van der Waals surface area (Å²) in [5.74, 6) is 0.908. The molecule has 1 aliphatic rings. The number of unbranched alkanes of at least 4 members (excludes halogenated alkanes) is 2. The van der Waals surface area contributed by atoms with Crippen molar-refractivity contribution < 1.29 is 22.7 Å². The Morgan fingerprint density at radius 3 is 2.67 bits per heavy atom. The number of benzene rings is 2. The van der Waals surface area contributed by atoms with E-state index in [4.69, 9.17) is 9.47 Å². The number of fused-ring (bicyclic) bond motifs is 1. The molecule has 1 aromatic heterocycles. The van der Waals surface area contributed by atoms with Crippen LogP contribution in [-0.4, -0.2) is 44.3 Å². The molecule has 1 amide bonds. The summed E-state index contributed by atoms with van der Waals surface area (Å²) in [6.07, 6.45) is 4.07. The molecule has 174 valence electrons. The molecule has 2 aromatic carbocycles. The Morgan fingerprint density at radius 2 is 1.85 bits per heavy atom. The van der Waals surface area contributed by atoms with Gasteiger partial charge in [-0.3, -0.25) is 9.89 Å². The summed E-state index contributed by atoms with van der Waals surface area (Å²) >= 11 is 0. The molecule has 3 aromatic rings. The minimum Gasteiger partial charge on any atom is -0.486 e. The molecule has 33 heavy (non-hydrogen) atoms. The molecule has 9 nitrogen and oxygen atoms in total. The summed E-state index contributed by atoms with van der Waals surface area (Å²) in [5, 5.41) is 9.74. The normalized spacial score (nSPS) is 13.0. The number of H-pyrrole nitrogens is 1. The van der Waals surface area contributed by atoms with E-state index in [-0.39, 0.29) is 10.8 Å². The van der Waals surface area contributed by atoms with Crippen LogP contribution in [0.1, 0.15) is 25.7 Å². The smallest absolute Gasteiger partial charge is 0.240 e. The fourth-order valence-electron chi connectivity index (χ4n) is 3.47. The van der Waals surface area contributed by atoms with Gasteiger partial charge < -0.3 is 14.8 Å². The molecule has 0 unspecified atom stereocenters. The zero-order valence-corrected chi connectivity index (χ0v) is 18.9. The van der Waals surface area contributed by atoms with Crippen LogP contribution in [0.2, 0.25) is 0 Å². The molecule has 0 atom stereocenters. The molecule has 0 saturated carbocycles. The van der Waals surface area contributed by atoms with Crippen molar-refractivity contribution in [2.24, 2.45) is 0 Å². The average Bonchev–Trinajstić information content (AvgIpc) is 3.36. The van der Waals surface area contributed by atoms with Gasteiger partial charge in [-0.1, -0.05) is 18.6 Å². The molecule has 0 bridgehead atoms. The van der Waals surface area contributed by atoms with Gasteiger partial charge in [0.2, 0.25) is 15.9 Å². The second kappa shape index (κ2) is 10.5. The molecule has 2 heterocycles. The minimum atomic E-state index is -3.63. The maximum atomic E-state index is 12.5. The molecule has 0 aliphatic carbocycles. The Morgan fingerprint density at radius 1 is 1.00 bits per heavy atom. The SMILES string of the molecule is O=C(CCCCCNS(=O)(=O)c1ccc2c(c1)OCCO2)Nc1cccc(-c2ccn[nH]2)c1. The van der Waals surface area contributed by atoms with E-state index < -0.39 is 10.0 Å². The number of aromatic amines is 1. The van der Waals surface area contributed by atoms with E-state index >= 15 is 0 Å². The summed E-state index contributed by atoms with van der Waals surface area (Å²) < 4.78 is 38.5. The van der Waals surface area contributed by atoms with Crippen molar-refractivity contribution in [2.75, 3.05) is 25.1 Å². The van der Waals surface area contributed by atoms with E-state index in [1.54, 1.807) is 12.3 Å². The van der Waals surface area contributed by atoms with Crippen molar-refractivity contribution in [3.05, 3.63) is 54.7 Å². The largest absolute Gasteiger partial charge is 0.486 e. The Balaban J connectivity index is 1.17. The monoisotopic (exact) mass is 470 g/mol. The number of hydrogen-bond acceptors (Lipinski definition) is 6. The fourth-order valence-corrected chi connectivity index (χ4v) is 4.56. The lowest BCUT2D eigenvalue weighted by atomic mass is 10.1. The van der Waals surface area contributed by atoms with Gasteiger partial charge in [0.1, 0.15) is 13.2 Å². The second-order valence-electron chi connectivity index (χ2n) is 7.61. The molecule has 0 saturated heterocycles. The molecule has 0 fully saturated rings. The minimum absolute atomic E-state index is 0.0754. The van der Waals surface area contributed by atoms with Gasteiger partial charge in [-0.2, -0.15) is 5.10 Å². The number of carbonyl (C=O) groups is 1. The Bertz CT molecular complexity index is 1200. The number of nitrogens with one attached hydrogen (secondary N) is 3. The van der Waals surface area contributed by atoms with Gasteiger partial charge in [0, 0.05) is 36.5 Å². The maximum Gasteiger partial charge on any atom is 0.240 e. The van der Waals surface area contributed by atoms with Crippen LogP contribution in [0.4, 0.5) is 5.69 Å². The fraction of sp³-hybridized carbons (Fsp3) is 0.304. The number of amides is 1. The van der Waals surface area contributed by atoms with Crippen LogP contribution < -0.4 is 19.5 Å². The van der Waals surface area contributed by atoms with Crippen molar-refractivity contribution in [1.82, 2.24) is 14.9 Å². The number of aromatic nitrogens is 2. The number of sulfonamides is 1. The van der Waals surface area contributed by atoms with E-state index in [2.05, 4.69) is 20.2 Å². The molecule has 10 heteroatoms. The Hall–Kier alpha value is -3.37. The van der Waals surface area contributed by atoms with E-state index in [9.17, 15) is 13.2 Å². The number of carbonyl (C=O) groups excluding carboxylic acids is 1. The molecular formula is C23H26N4O5S. The van der Waals surface area contributed by atoms with Gasteiger partial charge >= 0.3 is 0 Å². The topological polar surface area (TPSA) is 122 Å². The first-order valence-electron chi connectivity index (χ1n) is 10.8. The van der Waals surface area contributed by atoms with E-state index in [1.165, 1.54) is 12.1 Å². The quantitative estimate of drug-likeness (QED) is 0.391. The van der Waals surface area contributed by atoms with Crippen LogP contribution in [-0.2, 0) is 14.8 Å². The zero-order chi connectivity index (χ0) is 23.1. The van der Waals surface area contributed by atoms with Crippen molar-refractivity contribution in [1.29, 1.82) is 0 Å². The lowest BCUT2D eigenvalue weighted by Crippen LogP contribution is -2.25. The second-order valence-corrected chi connectivity index (χ2v) is 9.38. The van der Waals surface area contributed by atoms with Crippen molar-refractivity contribution in [3.8, 4) is 22.8 Å². The van der Waals surface area contributed by atoms with Crippen molar-refractivity contribution >= 4 is 21.6 Å². The summed E-state index contributed by atoms with van der Waals surface area (Å²) in [7, 11) is -3.63. The van der Waals surface area contributed by atoms with E-state index in [1.807, 2.05) is 30.3 Å². The highest BCUT2D eigenvalue weighted by Gasteiger charge is 2.19. The molecule has 1 aliphatic heterocycles. The van der Waals surface area contributed by atoms with E-state index in [0.717, 1.165) is 23.4 Å². The van der Waals surface area contributed by atoms with Crippen LogP contribution in [0.3, 0.4) is 0 Å². The maximum absolute atomic E-state index is 12.5. The molecule has 3 N–H and O–H groups in total. The third-order valence-corrected chi connectivity index (χ3v) is 6.61. The Kier molecular flexibility index (Phi) is 7.26. The number of nitrogens with zero attached hydrogens (tertiary/aromatic N) is 1. The van der Waals surface area contributed by atoms with Gasteiger partial charge in [-0.15, -0.1) is 0 Å². The summed E-state index contributed by atoms with van der Waals surface area (Å²) in [6.45, 7) is 1.14. The standard InChI is InChI=1S/C23H26N4O5S/c28-23(26-18-6-4-5-17(15-18)20-10-12-24-27-20)7-2-1-3-11-25-33(29,30)19-8-9-21-22(16-19)32-14-13-31-21/h4-6,8-10,12,15-16,25H,1-3,7,11,13-14H2,(H,24,27)(H,26,28). The first-order valence-corrected chi connectivity index (χ1v) is 12.3. The first-order chi connectivity index (χ1) is 16.0. The highest BCUT2D eigenvalue weighted by molar-refractivity contribution is 7.89. The highest BCUT2D eigenvalue weighted by atomic mass is 32.2. The summed E-state index contributed by atoms with van der Waals surface area (Å²) in [5.41, 5.74) is 2.54. The average molecular weight is 471 g/mol. The van der Waals surface area contributed by atoms with Gasteiger partial charge in [-0.05, 0) is 43.2 Å². The third kappa shape index (κ3) is 6.11. The highest BCUT2D eigenvalue weighted by Crippen LogP contribution is 2.32. The van der Waals surface area contributed by atoms with Crippen molar-refractivity contribution in [3.63, 3.8) is 0 Å².